The molecule has 0 unspecified atom stereocenters. The first-order valence-electron chi connectivity index (χ1n) is 12.1. The summed E-state index contributed by atoms with van der Waals surface area (Å²) < 4.78 is 7.50. The topological polar surface area (TPSA) is 56.1 Å². The molecule has 1 N–H and O–H groups in total. The SMILES string of the molecule is CCCCNC(=O)c1cc(-c2csc(-c3ccc(OC)cc3)n2)n(Cc2cc(C)cc(C)c2)c1C. The zero-order valence-electron chi connectivity index (χ0n) is 21.1. The van der Waals surface area contributed by atoms with Crippen LogP contribution in [0, 0.1) is 20.8 Å². The van der Waals surface area contributed by atoms with E-state index in [0.29, 0.717) is 18.7 Å². The van der Waals surface area contributed by atoms with Crippen LogP contribution in [-0.2, 0) is 6.54 Å². The number of aromatic nitrogens is 2. The summed E-state index contributed by atoms with van der Waals surface area (Å²) in [5.74, 6) is 0.796. The third-order valence-corrected chi connectivity index (χ3v) is 7.04. The summed E-state index contributed by atoms with van der Waals surface area (Å²) in [6.07, 6.45) is 2.02. The molecule has 35 heavy (non-hydrogen) atoms. The van der Waals surface area contributed by atoms with Crippen molar-refractivity contribution in [2.45, 2.75) is 47.1 Å². The summed E-state index contributed by atoms with van der Waals surface area (Å²) in [4.78, 5) is 18.0. The highest BCUT2D eigenvalue weighted by Gasteiger charge is 2.20. The summed E-state index contributed by atoms with van der Waals surface area (Å²) >= 11 is 1.61. The standard InChI is InChI=1S/C29H33N3O2S/c1-6-7-12-30-28(33)25-16-27(32(21(25)4)17-22-14-19(2)13-20(3)15-22)26-18-35-29(31-26)23-8-10-24(34-5)11-9-23/h8-11,13-16,18H,6-7,12,17H2,1-5H3,(H,30,33). The molecule has 2 heterocycles. The number of carbonyl (C=O) groups is 1. The van der Waals surface area contributed by atoms with Gasteiger partial charge in [0.15, 0.2) is 0 Å². The molecule has 0 aliphatic heterocycles. The van der Waals surface area contributed by atoms with Crippen molar-refractivity contribution >= 4 is 17.2 Å². The van der Waals surface area contributed by atoms with E-state index in [1.54, 1.807) is 18.4 Å². The summed E-state index contributed by atoms with van der Waals surface area (Å²) in [5, 5.41) is 6.09. The van der Waals surface area contributed by atoms with Gasteiger partial charge in [-0.15, -0.1) is 11.3 Å². The van der Waals surface area contributed by atoms with Gasteiger partial charge in [0, 0.05) is 29.7 Å². The fraction of sp³-hybridized carbons (Fsp3) is 0.310. The van der Waals surface area contributed by atoms with Crippen molar-refractivity contribution < 1.29 is 9.53 Å². The first kappa shape index (κ1) is 24.7. The van der Waals surface area contributed by atoms with Crippen molar-refractivity contribution in [3.05, 3.63) is 81.9 Å². The molecule has 0 saturated carbocycles. The van der Waals surface area contributed by atoms with E-state index in [9.17, 15) is 4.79 Å². The first-order chi connectivity index (χ1) is 16.9. The Morgan fingerprint density at radius 3 is 2.43 bits per heavy atom. The maximum atomic E-state index is 13.0. The zero-order chi connectivity index (χ0) is 24.9. The van der Waals surface area contributed by atoms with Gasteiger partial charge in [-0.2, -0.15) is 0 Å². The van der Waals surface area contributed by atoms with Crippen LogP contribution in [0.15, 0.2) is 53.9 Å². The Hall–Kier alpha value is -3.38. The normalized spacial score (nSPS) is 11.0. The van der Waals surface area contributed by atoms with Gasteiger partial charge in [-0.3, -0.25) is 4.79 Å². The Morgan fingerprint density at radius 1 is 1.06 bits per heavy atom. The number of hydrogen-bond acceptors (Lipinski definition) is 4. The molecular formula is C29H33N3O2S. The number of ether oxygens (including phenoxy) is 1. The first-order valence-corrected chi connectivity index (χ1v) is 12.9. The molecule has 1 amide bonds. The number of carbonyl (C=O) groups excluding carboxylic acids is 1. The minimum atomic E-state index is -0.0259. The van der Waals surface area contributed by atoms with Gasteiger partial charge in [0.05, 0.1) is 24.1 Å². The number of thiazole rings is 1. The van der Waals surface area contributed by atoms with Crippen LogP contribution >= 0.6 is 11.3 Å². The third-order valence-electron chi connectivity index (χ3n) is 6.15. The molecule has 0 fully saturated rings. The van der Waals surface area contributed by atoms with Crippen LogP contribution in [0.2, 0.25) is 0 Å². The molecule has 4 rings (SSSR count). The average Bonchev–Trinajstić information content (AvgIpc) is 3.44. The summed E-state index contributed by atoms with van der Waals surface area (Å²) in [5.41, 5.74) is 8.22. The number of nitrogens with one attached hydrogen (secondary N) is 1. The summed E-state index contributed by atoms with van der Waals surface area (Å²) in [7, 11) is 1.67. The molecule has 4 aromatic rings. The Balaban J connectivity index is 1.73. The lowest BCUT2D eigenvalue weighted by atomic mass is 10.1. The fourth-order valence-corrected chi connectivity index (χ4v) is 5.19. The maximum absolute atomic E-state index is 13.0. The highest BCUT2D eigenvalue weighted by Crippen LogP contribution is 2.33. The van der Waals surface area contributed by atoms with Crippen molar-refractivity contribution in [3.8, 4) is 27.7 Å². The van der Waals surface area contributed by atoms with Crippen LogP contribution in [0.4, 0.5) is 0 Å². The van der Waals surface area contributed by atoms with E-state index in [0.717, 1.165) is 46.2 Å². The van der Waals surface area contributed by atoms with Crippen molar-refractivity contribution in [3.63, 3.8) is 0 Å². The van der Waals surface area contributed by atoms with Crippen molar-refractivity contribution in [1.29, 1.82) is 0 Å². The van der Waals surface area contributed by atoms with E-state index in [4.69, 9.17) is 9.72 Å². The van der Waals surface area contributed by atoms with E-state index in [1.165, 1.54) is 16.7 Å². The quantitative estimate of drug-likeness (QED) is 0.264. The second-order valence-electron chi connectivity index (χ2n) is 8.99. The van der Waals surface area contributed by atoms with Crippen molar-refractivity contribution in [2.75, 3.05) is 13.7 Å². The minimum Gasteiger partial charge on any atom is -0.497 e. The molecule has 6 heteroatoms. The van der Waals surface area contributed by atoms with Gasteiger partial charge in [0.25, 0.3) is 5.91 Å². The van der Waals surface area contributed by atoms with Crippen LogP contribution in [0.25, 0.3) is 22.0 Å². The molecule has 0 bridgehead atoms. The van der Waals surface area contributed by atoms with E-state index < -0.39 is 0 Å². The number of hydrogen-bond donors (Lipinski definition) is 1. The van der Waals surface area contributed by atoms with Gasteiger partial charge >= 0.3 is 0 Å². The number of methoxy groups -OCH3 is 1. The predicted molar refractivity (Wildman–Crippen MR) is 145 cm³/mol. The highest BCUT2D eigenvalue weighted by molar-refractivity contribution is 7.13. The van der Waals surface area contributed by atoms with E-state index in [2.05, 4.69) is 54.2 Å². The Bertz CT molecular complexity index is 1300. The molecule has 2 aromatic carbocycles. The average molecular weight is 488 g/mol. The summed E-state index contributed by atoms with van der Waals surface area (Å²) in [6, 6.07) is 16.5. The maximum Gasteiger partial charge on any atom is 0.253 e. The minimum absolute atomic E-state index is 0.0259. The number of benzene rings is 2. The molecule has 0 aliphatic rings. The number of amides is 1. The molecule has 0 saturated heterocycles. The highest BCUT2D eigenvalue weighted by atomic mass is 32.1. The Labute approximate surface area is 211 Å². The largest absolute Gasteiger partial charge is 0.497 e. The van der Waals surface area contributed by atoms with E-state index in [1.807, 2.05) is 37.3 Å². The monoisotopic (exact) mass is 487 g/mol. The van der Waals surface area contributed by atoms with Crippen LogP contribution in [0.1, 0.15) is 52.5 Å². The smallest absolute Gasteiger partial charge is 0.253 e. The van der Waals surface area contributed by atoms with Crippen molar-refractivity contribution in [1.82, 2.24) is 14.9 Å². The molecule has 0 radical (unpaired) electrons. The zero-order valence-corrected chi connectivity index (χ0v) is 22.0. The molecule has 5 nitrogen and oxygen atoms in total. The number of unbranched alkanes of at least 4 members (excludes halogenated alkanes) is 1. The second kappa shape index (κ2) is 10.9. The second-order valence-corrected chi connectivity index (χ2v) is 9.84. The van der Waals surface area contributed by atoms with Crippen LogP contribution in [-0.4, -0.2) is 29.1 Å². The molecule has 2 aromatic heterocycles. The number of nitrogens with zero attached hydrogens (tertiary/aromatic N) is 2. The molecule has 0 atom stereocenters. The van der Waals surface area contributed by atoms with E-state index >= 15 is 0 Å². The third kappa shape index (κ3) is 5.65. The van der Waals surface area contributed by atoms with Gasteiger partial charge in [0.2, 0.25) is 0 Å². The van der Waals surface area contributed by atoms with Crippen LogP contribution in [0.3, 0.4) is 0 Å². The van der Waals surface area contributed by atoms with Crippen molar-refractivity contribution in [2.24, 2.45) is 0 Å². The number of aryl methyl sites for hydroxylation is 2. The molecular weight excluding hydrogens is 454 g/mol. The molecule has 182 valence electrons. The van der Waals surface area contributed by atoms with Gasteiger partial charge < -0.3 is 14.6 Å². The Morgan fingerprint density at radius 2 is 1.77 bits per heavy atom. The number of rotatable bonds is 9. The lowest BCUT2D eigenvalue weighted by Crippen LogP contribution is -2.24. The predicted octanol–water partition coefficient (Wildman–Crippen LogP) is 6.79. The molecule has 0 aliphatic carbocycles. The fourth-order valence-electron chi connectivity index (χ4n) is 4.37. The van der Waals surface area contributed by atoms with Crippen LogP contribution in [0.5, 0.6) is 5.75 Å². The van der Waals surface area contributed by atoms with Gasteiger partial charge in [0.1, 0.15) is 10.8 Å². The van der Waals surface area contributed by atoms with Gasteiger partial charge in [-0.1, -0.05) is 42.7 Å². The summed E-state index contributed by atoms with van der Waals surface area (Å²) in [6.45, 7) is 9.75. The van der Waals surface area contributed by atoms with Gasteiger partial charge in [-0.25, -0.2) is 4.98 Å². The lowest BCUT2D eigenvalue weighted by Gasteiger charge is -2.13. The van der Waals surface area contributed by atoms with Crippen LogP contribution < -0.4 is 10.1 Å². The van der Waals surface area contributed by atoms with Gasteiger partial charge in [-0.05, 0) is 63.1 Å². The van der Waals surface area contributed by atoms with E-state index in [-0.39, 0.29) is 5.91 Å². The lowest BCUT2D eigenvalue weighted by molar-refractivity contribution is 0.0952. The molecule has 0 spiro atoms. The Kier molecular flexibility index (Phi) is 7.71.